The first-order valence-corrected chi connectivity index (χ1v) is 13.4. The topological polar surface area (TPSA) is 125 Å². The third-order valence-corrected chi connectivity index (χ3v) is 10.3. The summed E-state index contributed by atoms with van der Waals surface area (Å²) in [6.45, 7) is 1.91. The van der Waals surface area contributed by atoms with E-state index in [1.807, 2.05) is 0 Å². The number of rotatable bonds is 6. The van der Waals surface area contributed by atoms with Gasteiger partial charge in [0.05, 0.1) is 30.6 Å². The van der Waals surface area contributed by atoms with Gasteiger partial charge in [0.25, 0.3) is 0 Å². The number of aliphatic hydroxyl groups is 4. The van der Waals surface area contributed by atoms with Crippen LogP contribution in [0.1, 0.15) is 36.4 Å². The monoisotopic (exact) mass is 580 g/mol. The number of aromatic nitrogens is 4. The second-order valence-electron chi connectivity index (χ2n) is 9.83. The summed E-state index contributed by atoms with van der Waals surface area (Å²) in [6.07, 6.45) is -5.73. The number of nitrogens with zero attached hydrogens (tertiary/aromatic N) is 4. The third kappa shape index (κ3) is 5.63. The lowest BCUT2D eigenvalue weighted by Gasteiger charge is -2.50. The number of halogens is 6. The number of benzene rings is 1. The molecule has 1 saturated heterocycles. The highest BCUT2D eigenvalue weighted by Crippen LogP contribution is 2.58. The molecule has 0 aliphatic carbocycles. The molecule has 4 rings (SSSR count). The highest BCUT2D eigenvalue weighted by molar-refractivity contribution is 8.18. The van der Waals surface area contributed by atoms with Crippen molar-refractivity contribution in [2.24, 2.45) is 0 Å². The number of hydrogen-bond acceptors (Lipinski definition) is 7. The molecule has 0 radical (unpaired) electrons. The zero-order valence-corrected chi connectivity index (χ0v) is 21.5. The average molecular weight is 581 g/mol. The number of aliphatic hydroxyl groups excluding tert-OH is 3. The summed E-state index contributed by atoms with van der Waals surface area (Å²) in [6, 6.07) is 2.58. The lowest BCUT2D eigenvalue weighted by Crippen LogP contribution is -2.52. The highest BCUT2D eigenvalue weighted by atomic mass is 32.2. The van der Waals surface area contributed by atoms with Gasteiger partial charge in [-0.05, 0) is 37.6 Å². The van der Waals surface area contributed by atoms with Gasteiger partial charge in [0, 0.05) is 28.0 Å². The van der Waals surface area contributed by atoms with E-state index in [1.54, 1.807) is 0 Å². The molecule has 0 spiro atoms. The molecule has 8 nitrogen and oxygen atoms in total. The van der Waals surface area contributed by atoms with Gasteiger partial charge in [-0.25, -0.2) is 28.7 Å². The van der Waals surface area contributed by atoms with Gasteiger partial charge < -0.3 is 20.4 Å². The summed E-state index contributed by atoms with van der Waals surface area (Å²) in [5, 5.41) is 48.8. The second-order valence-corrected chi connectivity index (χ2v) is 12.4. The van der Waals surface area contributed by atoms with Crippen LogP contribution in [0.15, 0.2) is 36.7 Å². The summed E-state index contributed by atoms with van der Waals surface area (Å²) in [5.74, 6) is -4.81. The van der Waals surface area contributed by atoms with Crippen LogP contribution in [0.3, 0.4) is 0 Å². The SMILES string of the molecule is CC(C)(O)[C@@H](c1cccnc1C(F)(F)F)[SH]1C[C@H](O)[C@H](n2cc(-c3cc(F)c(F)c(F)c3)nn2)[C@@H](O)[C@H]1CO. The zero-order valence-electron chi connectivity index (χ0n) is 20.6. The minimum absolute atomic E-state index is 0.111. The van der Waals surface area contributed by atoms with E-state index in [9.17, 15) is 46.8 Å². The Kier molecular flexibility index (Phi) is 8.02. The summed E-state index contributed by atoms with van der Waals surface area (Å²) in [5.41, 5.74) is -3.60. The summed E-state index contributed by atoms with van der Waals surface area (Å²) < 4.78 is 83.2. The van der Waals surface area contributed by atoms with Crippen LogP contribution in [0.2, 0.25) is 0 Å². The van der Waals surface area contributed by atoms with E-state index < -0.39 is 81.2 Å². The van der Waals surface area contributed by atoms with E-state index in [-0.39, 0.29) is 22.6 Å². The van der Waals surface area contributed by atoms with Gasteiger partial charge in [-0.15, -0.1) is 5.10 Å². The Bertz CT molecular complexity index is 1310. The number of hydrogen-bond donors (Lipinski definition) is 5. The maximum atomic E-state index is 13.8. The molecule has 0 saturated carbocycles. The van der Waals surface area contributed by atoms with Gasteiger partial charge in [0.15, 0.2) is 17.5 Å². The van der Waals surface area contributed by atoms with Gasteiger partial charge in [-0.2, -0.15) is 13.2 Å². The van der Waals surface area contributed by atoms with Crippen molar-refractivity contribution in [2.45, 2.75) is 54.4 Å². The van der Waals surface area contributed by atoms with Crippen LogP contribution in [-0.2, 0) is 6.18 Å². The molecular formula is C24H26F6N4O4S. The first kappa shape index (κ1) is 29.3. The first-order chi connectivity index (χ1) is 18.1. The van der Waals surface area contributed by atoms with Gasteiger partial charge in [0.2, 0.25) is 0 Å². The van der Waals surface area contributed by atoms with E-state index >= 15 is 0 Å². The van der Waals surface area contributed by atoms with Crippen LogP contribution in [0.4, 0.5) is 26.3 Å². The van der Waals surface area contributed by atoms with Gasteiger partial charge in [-0.3, -0.25) is 4.98 Å². The lowest BCUT2D eigenvalue weighted by molar-refractivity contribution is -0.142. The second kappa shape index (κ2) is 10.7. The Morgan fingerprint density at radius 2 is 1.77 bits per heavy atom. The van der Waals surface area contributed by atoms with E-state index in [0.717, 1.165) is 17.1 Å². The molecule has 6 atom stereocenters. The molecule has 3 heterocycles. The van der Waals surface area contributed by atoms with Crippen LogP contribution in [0.25, 0.3) is 11.3 Å². The van der Waals surface area contributed by atoms with Crippen molar-refractivity contribution < 1.29 is 46.8 Å². The molecule has 1 unspecified atom stereocenters. The van der Waals surface area contributed by atoms with Crippen molar-refractivity contribution >= 4 is 10.9 Å². The molecule has 1 fully saturated rings. The van der Waals surface area contributed by atoms with Gasteiger partial charge >= 0.3 is 6.18 Å². The molecule has 1 aromatic carbocycles. The first-order valence-electron chi connectivity index (χ1n) is 11.7. The standard InChI is InChI=1S/C24H26F6N4O4S/c1-23(2,38)22(12-4-3-5-31-21(12)24(28,29)30)39-10-16(36)19(20(37)17(39)9-35)34-8-15(32-33-34)11-6-13(25)18(27)14(26)7-11/h3-8,16-17,19-20,22,35-39H,9-10H2,1-2H3/t16-,17+,19-,20-,22+/m0/s1. The summed E-state index contributed by atoms with van der Waals surface area (Å²) >= 11 is 0. The maximum absolute atomic E-state index is 13.8. The van der Waals surface area contributed by atoms with Crippen molar-refractivity contribution in [3.8, 4) is 11.3 Å². The Morgan fingerprint density at radius 3 is 2.33 bits per heavy atom. The van der Waals surface area contributed by atoms with Crippen LogP contribution >= 0.6 is 10.9 Å². The highest BCUT2D eigenvalue weighted by Gasteiger charge is 2.50. The van der Waals surface area contributed by atoms with Crippen molar-refractivity contribution in [3.05, 3.63) is 65.4 Å². The van der Waals surface area contributed by atoms with Crippen LogP contribution < -0.4 is 0 Å². The molecule has 1 aliphatic rings. The fourth-order valence-corrected chi connectivity index (χ4v) is 8.72. The van der Waals surface area contributed by atoms with Crippen molar-refractivity contribution in [2.75, 3.05) is 12.4 Å². The maximum Gasteiger partial charge on any atom is 0.433 e. The van der Waals surface area contributed by atoms with E-state index in [2.05, 4.69) is 15.3 Å². The molecule has 15 heteroatoms. The Morgan fingerprint density at radius 1 is 1.13 bits per heavy atom. The van der Waals surface area contributed by atoms with E-state index in [4.69, 9.17) is 0 Å². The number of thiol groups is 1. The lowest BCUT2D eigenvalue weighted by atomic mass is 9.96. The van der Waals surface area contributed by atoms with Crippen molar-refractivity contribution in [3.63, 3.8) is 0 Å². The average Bonchev–Trinajstić information content (AvgIpc) is 3.31. The van der Waals surface area contributed by atoms with E-state index in [0.29, 0.717) is 12.1 Å². The van der Waals surface area contributed by atoms with Crippen molar-refractivity contribution in [1.29, 1.82) is 0 Å². The molecule has 0 bridgehead atoms. The Labute approximate surface area is 221 Å². The van der Waals surface area contributed by atoms with Crippen molar-refractivity contribution in [1.82, 2.24) is 20.0 Å². The molecular weight excluding hydrogens is 554 g/mol. The largest absolute Gasteiger partial charge is 0.433 e. The predicted molar refractivity (Wildman–Crippen MR) is 129 cm³/mol. The minimum Gasteiger partial charge on any atom is -0.395 e. The van der Waals surface area contributed by atoms with Crippen LogP contribution in [-0.4, -0.2) is 75.8 Å². The van der Waals surface area contributed by atoms with Gasteiger partial charge in [0.1, 0.15) is 17.4 Å². The molecule has 2 aromatic heterocycles. The Hall–Kier alpha value is -2.72. The fraction of sp³-hybridized carbons (Fsp3) is 0.458. The molecule has 1 aliphatic heterocycles. The third-order valence-electron chi connectivity index (χ3n) is 6.65. The predicted octanol–water partition coefficient (Wildman–Crippen LogP) is 2.93. The summed E-state index contributed by atoms with van der Waals surface area (Å²) in [7, 11) is -1.91. The van der Waals surface area contributed by atoms with Crippen LogP contribution in [0.5, 0.6) is 0 Å². The zero-order chi connectivity index (χ0) is 28.9. The number of alkyl halides is 3. The van der Waals surface area contributed by atoms with Crippen LogP contribution in [0, 0.1) is 17.5 Å². The molecule has 0 amide bonds. The molecule has 4 N–H and O–H groups in total. The minimum atomic E-state index is -4.85. The Balaban J connectivity index is 1.71. The van der Waals surface area contributed by atoms with Gasteiger partial charge in [-0.1, -0.05) is 11.3 Å². The molecule has 39 heavy (non-hydrogen) atoms. The summed E-state index contributed by atoms with van der Waals surface area (Å²) in [4.78, 5) is 3.47. The quantitative estimate of drug-likeness (QED) is 0.173. The number of pyridine rings is 1. The smallest absolute Gasteiger partial charge is 0.395 e. The normalized spacial score (nSPS) is 26.0. The fourth-order valence-electron chi connectivity index (χ4n) is 5.05. The van der Waals surface area contributed by atoms with E-state index in [1.165, 1.54) is 26.0 Å². The molecule has 214 valence electrons. The molecule has 3 aromatic rings.